The fourth-order valence-corrected chi connectivity index (χ4v) is 1.37. The number of hydrogen-bond donors (Lipinski definition) is 2. The normalized spacial score (nSPS) is 12.2. The van der Waals surface area contributed by atoms with E-state index in [2.05, 4.69) is 4.98 Å². The quantitative estimate of drug-likeness (QED) is 0.799. The maximum atomic E-state index is 12.3. The van der Waals surface area contributed by atoms with Crippen LogP contribution in [0.1, 0.15) is 24.2 Å². The van der Waals surface area contributed by atoms with E-state index in [4.69, 9.17) is 5.73 Å². The first-order chi connectivity index (χ1) is 8.64. The number of rotatable bonds is 2. The van der Waals surface area contributed by atoms with Gasteiger partial charge in [-0.15, -0.1) is 0 Å². The molecule has 2 amide bonds. The highest BCUT2D eigenvalue weighted by Crippen LogP contribution is 2.29. The van der Waals surface area contributed by atoms with Gasteiger partial charge in [-0.25, -0.2) is 0 Å². The first kappa shape index (κ1) is 17.8. The van der Waals surface area contributed by atoms with Crippen molar-refractivity contribution in [1.82, 2.24) is 16.0 Å². The van der Waals surface area contributed by atoms with Crippen molar-refractivity contribution in [2.24, 2.45) is 5.73 Å². The summed E-state index contributed by atoms with van der Waals surface area (Å²) in [6.45, 7) is 1.52. The molecule has 1 atom stereocenters. The number of amides is 2. The first-order valence-corrected chi connectivity index (χ1v) is 5.24. The molecule has 0 spiro atoms. The largest absolute Gasteiger partial charge is 0.417 e. The predicted molar refractivity (Wildman–Crippen MR) is 64.6 cm³/mol. The van der Waals surface area contributed by atoms with E-state index in [1.165, 1.54) is 14.0 Å². The van der Waals surface area contributed by atoms with Crippen LogP contribution < -0.4 is 11.9 Å². The number of primary amides is 1. The van der Waals surface area contributed by atoms with Gasteiger partial charge in [-0.05, 0) is 19.1 Å². The molecule has 6 nitrogen and oxygen atoms in total. The Morgan fingerprint density at radius 3 is 2.25 bits per heavy atom. The summed E-state index contributed by atoms with van der Waals surface area (Å²) in [6.07, 6.45) is -3.79. The first-order valence-electron chi connectivity index (χ1n) is 5.24. The lowest BCUT2D eigenvalue weighted by atomic mass is 10.1. The van der Waals surface area contributed by atoms with Crippen molar-refractivity contribution >= 4 is 11.8 Å². The zero-order valence-electron chi connectivity index (χ0n) is 10.9. The molecular formula is C11H15F3N4O2. The number of hydrogen-bond acceptors (Lipinski definition) is 4. The van der Waals surface area contributed by atoms with Crippen molar-refractivity contribution in [3.05, 3.63) is 29.6 Å². The Morgan fingerprint density at radius 1 is 1.35 bits per heavy atom. The van der Waals surface area contributed by atoms with E-state index in [1.807, 2.05) is 0 Å². The molecule has 0 aromatic carbocycles. The highest BCUT2D eigenvalue weighted by molar-refractivity contribution is 6.34. The van der Waals surface area contributed by atoms with Crippen LogP contribution >= 0.6 is 0 Å². The SMILES string of the molecule is C[C@H](c1ccc(C(F)(F)F)cn1)N(C)C(=O)C(N)=O.N. The highest BCUT2D eigenvalue weighted by atomic mass is 19.4. The summed E-state index contributed by atoms with van der Waals surface area (Å²) in [6, 6.07) is 1.35. The second-order valence-electron chi connectivity index (χ2n) is 3.93. The van der Waals surface area contributed by atoms with E-state index in [9.17, 15) is 22.8 Å². The molecule has 1 aromatic rings. The number of pyridine rings is 1. The van der Waals surface area contributed by atoms with Gasteiger partial charge in [0.05, 0.1) is 17.3 Å². The van der Waals surface area contributed by atoms with Gasteiger partial charge in [0, 0.05) is 13.2 Å². The second-order valence-corrected chi connectivity index (χ2v) is 3.93. The molecule has 1 rings (SSSR count). The Kier molecular flexibility index (Phi) is 5.64. The van der Waals surface area contributed by atoms with Crippen LogP contribution in [0.4, 0.5) is 13.2 Å². The highest BCUT2D eigenvalue weighted by Gasteiger charge is 2.31. The van der Waals surface area contributed by atoms with Crippen LogP contribution in [0.15, 0.2) is 18.3 Å². The molecule has 20 heavy (non-hydrogen) atoms. The van der Waals surface area contributed by atoms with Crippen LogP contribution in [0.5, 0.6) is 0 Å². The van der Waals surface area contributed by atoms with Gasteiger partial charge in [0.25, 0.3) is 0 Å². The van der Waals surface area contributed by atoms with E-state index >= 15 is 0 Å². The maximum absolute atomic E-state index is 12.3. The number of likely N-dealkylation sites (N-methyl/N-ethyl adjacent to an activating group) is 1. The van der Waals surface area contributed by atoms with Crippen LogP contribution in [0.3, 0.4) is 0 Å². The number of aromatic nitrogens is 1. The molecule has 1 aromatic heterocycles. The summed E-state index contributed by atoms with van der Waals surface area (Å²) in [7, 11) is 1.32. The predicted octanol–water partition coefficient (Wildman–Crippen LogP) is 1.27. The third kappa shape index (κ3) is 3.92. The van der Waals surface area contributed by atoms with Crippen molar-refractivity contribution in [3.63, 3.8) is 0 Å². The molecular weight excluding hydrogens is 277 g/mol. The summed E-state index contributed by atoms with van der Waals surface area (Å²) in [5.41, 5.74) is 4.18. The lowest BCUT2D eigenvalue weighted by molar-refractivity contribution is -0.144. The number of carbonyl (C=O) groups excluding carboxylic acids is 2. The van der Waals surface area contributed by atoms with Crippen LogP contribution in [-0.2, 0) is 15.8 Å². The molecule has 112 valence electrons. The van der Waals surface area contributed by atoms with Crippen LogP contribution in [0, 0.1) is 0 Å². The van der Waals surface area contributed by atoms with Gasteiger partial charge in [-0.3, -0.25) is 14.6 Å². The molecule has 0 saturated carbocycles. The van der Waals surface area contributed by atoms with Crippen molar-refractivity contribution in [1.29, 1.82) is 0 Å². The number of nitrogens with two attached hydrogens (primary N) is 1. The van der Waals surface area contributed by atoms with Gasteiger partial charge in [0.1, 0.15) is 0 Å². The molecule has 0 aliphatic carbocycles. The van der Waals surface area contributed by atoms with Crippen LogP contribution in [0.2, 0.25) is 0 Å². The summed E-state index contributed by atoms with van der Waals surface area (Å²) in [5.74, 6) is -2.07. The molecule has 5 N–H and O–H groups in total. The zero-order chi connectivity index (χ0) is 14.8. The fraction of sp³-hybridized carbons (Fsp3) is 0.364. The molecule has 0 bridgehead atoms. The average molecular weight is 292 g/mol. The number of carbonyl (C=O) groups is 2. The van der Waals surface area contributed by atoms with Gasteiger partial charge < -0.3 is 16.8 Å². The zero-order valence-corrected chi connectivity index (χ0v) is 10.9. The van der Waals surface area contributed by atoms with Gasteiger partial charge in [-0.2, -0.15) is 13.2 Å². The Labute approximate surface area is 113 Å². The lowest BCUT2D eigenvalue weighted by Gasteiger charge is -2.23. The number of halogens is 3. The summed E-state index contributed by atoms with van der Waals surface area (Å²) in [5, 5.41) is 0. The van der Waals surface area contributed by atoms with Gasteiger partial charge in [0.2, 0.25) is 0 Å². The summed E-state index contributed by atoms with van der Waals surface area (Å²) in [4.78, 5) is 26.7. The Morgan fingerprint density at radius 2 is 1.90 bits per heavy atom. The fourth-order valence-electron chi connectivity index (χ4n) is 1.37. The third-order valence-corrected chi connectivity index (χ3v) is 2.65. The second kappa shape index (κ2) is 6.33. The Balaban J connectivity index is 0.00000361. The van der Waals surface area contributed by atoms with Gasteiger partial charge >= 0.3 is 18.0 Å². The number of alkyl halides is 3. The van der Waals surface area contributed by atoms with Crippen molar-refractivity contribution in [2.75, 3.05) is 7.05 Å². The van der Waals surface area contributed by atoms with E-state index < -0.39 is 29.6 Å². The molecule has 1 heterocycles. The molecule has 0 aliphatic rings. The molecule has 0 aliphatic heterocycles. The average Bonchev–Trinajstić information content (AvgIpc) is 2.35. The monoisotopic (exact) mass is 292 g/mol. The van der Waals surface area contributed by atoms with Crippen LogP contribution in [-0.4, -0.2) is 28.7 Å². The number of nitrogens with zero attached hydrogens (tertiary/aromatic N) is 2. The molecule has 9 heteroatoms. The van der Waals surface area contributed by atoms with E-state index in [-0.39, 0.29) is 11.8 Å². The summed E-state index contributed by atoms with van der Waals surface area (Å²) < 4.78 is 37.0. The minimum Gasteiger partial charge on any atom is -0.361 e. The van der Waals surface area contributed by atoms with Crippen molar-refractivity contribution < 1.29 is 22.8 Å². The smallest absolute Gasteiger partial charge is 0.361 e. The minimum atomic E-state index is -4.47. The maximum Gasteiger partial charge on any atom is 0.417 e. The third-order valence-electron chi connectivity index (χ3n) is 2.65. The topological polar surface area (TPSA) is 111 Å². The van der Waals surface area contributed by atoms with Gasteiger partial charge in [-0.1, -0.05) is 0 Å². The van der Waals surface area contributed by atoms with Gasteiger partial charge in [0.15, 0.2) is 0 Å². The van der Waals surface area contributed by atoms with E-state index in [1.54, 1.807) is 0 Å². The van der Waals surface area contributed by atoms with Crippen molar-refractivity contribution in [2.45, 2.75) is 19.1 Å². The lowest BCUT2D eigenvalue weighted by Crippen LogP contribution is -2.39. The van der Waals surface area contributed by atoms with E-state index in [0.717, 1.165) is 17.0 Å². The minimum absolute atomic E-state index is 0. The molecule has 0 unspecified atom stereocenters. The molecule has 0 fully saturated rings. The Bertz CT molecular complexity index is 487. The molecule has 0 radical (unpaired) electrons. The Hall–Kier alpha value is -2.16. The van der Waals surface area contributed by atoms with Crippen LogP contribution in [0.25, 0.3) is 0 Å². The van der Waals surface area contributed by atoms with Crippen molar-refractivity contribution in [3.8, 4) is 0 Å². The standard InChI is InChI=1S/C11H12F3N3O2.H3N/c1-6(17(2)10(19)9(15)18)8-4-3-7(5-16-8)11(12,13)14;/h3-6H,1-2H3,(H2,15,18);1H3/t6-;/m1./s1. The molecule has 0 saturated heterocycles. The van der Waals surface area contributed by atoms with E-state index in [0.29, 0.717) is 6.20 Å². The summed E-state index contributed by atoms with van der Waals surface area (Å²) >= 11 is 0.